The van der Waals surface area contributed by atoms with Crippen molar-refractivity contribution < 1.29 is 23.1 Å². The van der Waals surface area contributed by atoms with E-state index in [1.54, 1.807) is 31.4 Å². The van der Waals surface area contributed by atoms with E-state index in [4.69, 9.17) is 4.74 Å². The molecule has 50 heavy (non-hydrogen) atoms. The molecule has 0 spiro atoms. The Bertz CT molecular complexity index is 1870. The Morgan fingerprint density at radius 2 is 1.44 bits per heavy atom. The van der Waals surface area contributed by atoms with Crippen molar-refractivity contribution in [2.24, 2.45) is 5.41 Å². The normalized spacial score (nSPS) is 19.1. The Morgan fingerprint density at radius 3 is 2.08 bits per heavy atom. The number of carbonyl (C=O) groups excluding carboxylic acids is 2. The molecule has 7 rings (SSSR count). The zero-order chi connectivity index (χ0) is 35.0. The number of methoxy groups -OCH3 is 1. The van der Waals surface area contributed by atoms with Crippen LogP contribution in [0.25, 0.3) is 0 Å². The zero-order valence-corrected chi connectivity index (χ0v) is 28.7. The van der Waals surface area contributed by atoms with Crippen LogP contribution in [0.3, 0.4) is 0 Å². The van der Waals surface area contributed by atoms with Crippen molar-refractivity contribution in [2.75, 3.05) is 50.1 Å². The van der Waals surface area contributed by atoms with Crippen molar-refractivity contribution in [1.82, 2.24) is 9.80 Å². The Morgan fingerprint density at radius 1 is 0.840 bits per heavy atom. The zero-order valence-electron chi connectivity index (χ0n) is 28.7. The molecule has 258 valence electrons. The van der Waals surface area contributed by atoms with Crippen molar-refractivity contribution in [3.05, 3.63) is 137 Å². The van der Waals surface area contributed by atoms with Crippen LogP contribution in [0.5, 0.6) is 5.75 Å². The van der Waals surface area contributed by atoms with Crippen LogP contribution in [0.1, 0.15) is 55.5 Å². The second-order valence-corrected chi connectivity index (χ2v) is 14.2. The molecule has 1 atom stereocenters. The highest BCUT2D eigenvalue weighted by atomic mass is 19.1. The van der Waals surface area contributed by atoms with Gasteiger partial charge in [-0.1, -0.05) is 68.4 Å². The summed E-state index contributed by atoms with van der Waals surface area (Å²) in [4.78, 5) is 34.7. The third kappa shape index (κ3) is 6.62. The molecule has 0 aromatic heterocycles. The molecule has 7 nitrogen and oxygen atoms in total. The highest BCUT2D eigenvalue weighted by Crippen LogP contribution is 2.49. The smallest absolute Gasteiger partial charge is 0.242 e. The number of ketones is 1. The molecule has 1 N–H and O–H groups in total. The summed E-state index contributed by atoms with van der Waals surface area (Å²) in [6.45, 7) is 6.38. The van der Waals surface area contributed by atoms with E-state index in [1.807, 2.05) is 53.4 Å². The van der Waals surface area contributed by atoms with Gasteiger partial charge in [0.1, 0.15) is 17.4 Å². The molecule has 3 aliphatic rings. The van der Waals surface area contributed by atoms with Gasteiger partial charge in [0.05, 0.1) is 37.1 Å². The number of para-hydroxylation sites is 3. The number of halogens is 2. The molecule has 2 aliphatic heterocycles. The van der Waals surface area contributed by atoms with Crippen LogP contribution < -0.4 is 15.0 Å². The Labute approximate surface area is 292 Å². The number of nitrogens with one attached hydrogen (secondary N) is 1. The summed E-state index contributed by atoms with van der Waals surface area (Å²) in [6, 6.07) is 27.7. The summed E-state index contributed by atoms with van der Waals surface area (Å²) in [5.74, 6) is 0.0267. The Balaban J connectivity index is 1.20. The average Bonchev–Trinajstić information content (AvgIpc) is 3.24. The van der Waals surface area contributed by atoms with E-state index in [9.17, 15) is 18.4 Å². The van der Waals surface area contributed by atoms with Gasteiger partial charge in [-0.3, -0.25) is 14.5 Å². The van der Waals surface area contributed by atoms with E-state index < -0.39 is 6.04 Å². The summed E-state index contributed by atoms with van der Waals surface area (Å²) in [6.07, 6.45) is 1.10. The minimum atomic E-state index is -0.549. The maximum absolute atomic E-state index is 14.4. The molecule has 2 heterocycles. The third-order valence-corrected chi connectivity index (χ3v) is 10.1. The van der Waals surface area contributed by atoms with Gasteiger partial charge in [0, 0.05) is 49.4 Å². The van der Waals surface area contributed by atoms with Crippen molar-refractivity contribution in [2.45, 2.75) is 38.8 Å². The van der Waals surface area contributed by atoms with E-state index >= 15 is 0 Å². The van der Waals surface area contributed by atoms with Gasteiger partial charge >= 0.3 is 0 Å². The molecule has 1 fully saturated rings. The number of allylic oxidation sites excluding steroid dienone is 1. The fourth-order valence-corrected chi connectivity index (χ4v) is 7.82. The van der Waals surface area contributed by atoms with Gasteiger partial charge in [0.2, 0.25) is 5.91 Å². The average molecular weight is 677 g/mol. The van der Waals surface area contributed by atoms with Gasteiger partial charge in [0.15, 0.2) is 5.78 Å². The number of anilines is 2. The lowest BCUT2D eigenvalue weighted by atomic mass is 9.73. The SMILES string of the molecule is COc1ccccc1C1C2=C(CC(C)(C)CC2=O)Nc2ccccc2N1CC(=O)N1CCN(C(c2ccc(F)cc2)c2ccc(F)cc2)CC1. The van der Waals surface area contributed by atoms with E-state index in [-0.39, 0.29) is 41.3 Å². The highest BCUT2D eigenvalue weighted by Gasteiger charge is 2.43. The molecule has 0 saturated carbocycles. The standard InChI is InChI=1S/C41H42F2N4O3/c1-41(2)24-33-38(35(48)25-41)40(31-8-4-7-11-36(31)50-3)47(34-10-6-5-9-32(34)44-33)26-37(49)45-20-22-46(23-21-45)39(27-12-16-29(42)17-13-27)28-14-18-30(43)19-15-28/h4-19,39-40,44H,20-26H2,1-3H3. The molecule has 1 aliphatic carbocycles. The maximum atomic E-state index is 14.4. The van der Waals surface area contributed by atoms with Gasteiger partial charge in [-0.05, 0) is 65.4 Å². The lowest BCUT2D eigenvalue weighted by Gasteiger charge is -2.42. The minimum Gasteiger partial charge on any atom is -0.496 e. The molecule has 4 aromatic carbocycles. The first-order valence-corrected chi connectivity index (χ1v) is 17.2. The molecular weight excluding hydrogens is 634 g/mol. The second kappa shape index (κ2) is 13.7. The van der Waals surface area contributed by atoms with Gasteiger partial charge in [-0.15, -0.1) is 0 Å². The highest BCUT2D eigenvalue weighted by molar-refractivity contribution is 6.02. The molecule has 1 unspecified atom stereocenters. The van der Waals surface area contributed by atoms with Crippen LogP contribution in [-0.4, -0.2) is 61.3 Å². The molecule has 4 aromatic rings. The van der Waals surface area contributed by atoms with Gasteiger partial charge < -0.3 is 19.9 Å². The van der Waals surface area contributed by atoms with Crippen LogP contribution >= 0.6 is 0 Å². The minimum absolute atomic E-state index is 0.0490. The number of nitrogens with zero attached hydrogens (tertiary/aromatic N) is 3. The van der Waals surface area contributed by atoms with Crippen LogP contribution in [-0.2, 0) is 9.59 Å². The third-order valence-electron chi connectivity index (χ3n) is 10.1. The van der Waals surface area contributed by atoms with E-state index in [0.29, 0.717) is 50.3 Å². The fourth-order valence-electron chi connectivity index (χ4n) is 7.82. The largest absolute Gasteiger partial charge is 0.496 e. The number of hydrogen-bond donors (Lipinski definition) is 1. The van der Waals surface area contributed by atoms with Crippen LogP contribution in [0, 0.1) is 17.0 Å². The summed E-state index contributed by atoms with van der Waals surface area (Å²) >= 11 is 0. The molecule has 1 amide bonds. The number of rotatable bonds is 7. The Hall–Kier alpha value is -5.02. The van der Waals surface area contributed by atoms with Crippen molar-refractivity contribution >= 4 is 23.1 Å². The molecule has 1 saturated heterocycles. The predicted octanol–water partition coefficient (Wildman–Crippen LogP) is 7.52. The first kappa shape index (κ1) is 33.5. The van der Waals surface area contributed by atoms with Gasteiger partial charge in [-0.2, -0.15) is 0 Å². The quantitative estimate of drug-likeness (QED) is 0.219. The Kier molecular flexibility index (Phi) is 9.18. The van der Waals surface area contributed by atoms with Gasteiger partial charge in [0.25, 0.3) is 0 Å². The predicted molar refractivity (Wildman–Crippen MR) is 191 cm³/mol. The van der Waals surface area contributed by atoms with Crippen molar-refractivity contribution in [3.8, 4) is 5.75 Å². The topological polar surface area (TPSA) is 65.1 Å². The fraction of sp³-hybridized carbons (Fsp3) is 0.317. The molecular formula is C41H42F2N4O3. The lowest BCUT2D eigenvalue weighted by Crippen LogP contribution is -2.52. The van der Waals surface area contributed by atoms with E-state index in [2.05, 4.69) is 29.0 Å². The molecule has 9 heteroatoms. The number of fused-ring (bicyclic) bond motifs is 1. The van der Waals surface area contributed by atoms with Gasteiger partial charge in [-0.25, -0.2) is 8.78 Å². The van der Waals surface area contributed by atoms with E-state index in [0.717, 1.165) is 33.8 Å². The first-order valence-electron chi connectivity index (χ1n) is 17.2. The first-order chi connectivity index (χ1) is 24.1. The van der Waals surface area contributed by atoms with Crippen molar-refractivity contribution in [1.29, 1.82) is 0 Å². The number of hydrogen-bond acceptors (Lipinski definition) is 6. The van der Waals surface area contributed by atoms with Crippen LogP contribution in [0.2, 0.25) is 0 Å². The van der Waals surface area contributed by atoms with Crippen LogP contribution in [0.15, 0.2) is 108 Å². The molecule has 0 bridgehead atoms. The summed E-state index contributed by atoms with van der Waals surface area (Å²) < 4.78 is 33.6. The molecule has 0 radical (unpaired) electrons. The number of Topliss-reactive ketones (excluding diaryl/α,β-unsaturated/α-hetero) is 1. The van der Waals surface area contributed by atoms with Crippen LogP contribution in [0.4, 0.5) is 20.2 Å². The number of piperazine rings is 1. The van der Waals surface area contributed by atoms with Crippen molar-refractivity contribution in [3.63, 3.8) is 0 Å². The van der Waals surface area contributed by atoms with E-state index in [1.165, 1.54) is 24.3 Å². The lowest BCUT2D eigenvalue weighted by molar-refractivity contribution is -0.131. The second-order valence-electron chi connectivity index (χ2n) is 14.2. The number of ether oxygens (including phenoxy) is 1. The summed E-state index contributed by atoms with van der Waals surface area (Å²) in [5, 5.41) is 3.62. The maximum Gasteiger partial charge on any atom is 0.242 e. The number of carbonyl (C=O) groups is 2. The number of amides is 1. The summed E-state index contributed by atoms with van der Waals surface area (Å²) in [7, 11) is 1.63. The monoisotopic (exact) mass is 676 g/mol. The summed E-state index contributed by atoms with van der Waals surface area (Å²) in [5.41, 5.74) is 5.65. The number of benzene rings is 4.